The molecule has 1 unspecified atom stereocenters. The lowest BCUT2D eigenvalue weighted by atomic mass is 10.1. The molecule has 1 fully saturated rings. The minimum Gasteiger partial charge on any atom is -0.382 e. The average Bonchev–Trinajstić information content (AvgIpc) is 2.64. The quantitative estimate of drug-likeness (QED) is 0.676. The van der Waals surface area contributed by atoms with Crippen molar-refractivity contribution in [2.75, 3.05) is 18.4 Å². The van der Waals surface area contributed by atoms with Gasteiger partial charge in [-0.3, -0.25) is 10.1 Å². The largest absolute Gasteiger partial charge is 0.382 e. The zero-order valence-corrected chi connectivity index (χ0v) is 13.3. The number of nitro groups is 1. The first-order valence-corrected chi connectivity index (χ1v) is 7.79. The van der Waals surface area contributed by atoms with Gasteiger partial charge >= 0.3 is 0 Å². The lowest BCUT2D eigenvalue weighted by molar-refractivity contribution is -0.384. The van der Waals surface area contributed by atoms with Crippen molar-refractivity contribution in [1.29, 1.82) is 0 Å². The predicted octanol–water partition coefficient (Wildman–Crippen LogP) is 3.92. The van der Waals surface area contributed by atoms with Crippen LogP contribution in [0.4, 0.5) is 11.4 Å². The number of hydrogen-bond donors (Lipinski definition) is 1. The molecule has 0 aromatic heterocycles. The lowest BCUT2D eigenvalue weighted by Gasteiger charge is -2.24. The standard InChI is InChI=1S/C15H22ClN3O2/c1-11(2)18-8-3-4-12(7-9-18)17-13-5-6-15(19(20)21)14(16)10-13/h5-6,10-12,17H,3-4,7-9H2,1-2H3. The number of halogens is 1. The third kappa shape index (κ3) is 4.32. The van der Waals surface area contributed by atoms with Crippen molar-refractivity contribution in [3.63, 3.8) is 0 Å². The van der Waals surface area contributed by atoms with E-state index in [9.17, 15) is 10.1 Å². The Morgan fingerprint density at radius 1 is 1.38 bits per heavy atom. The number of nitrogens with zero attached hydrogens (tertiary/aromatic N) is 2. The summed E-state index contributed by atoms with van der Waals surface area (Å²) in [5.41, 5.74) is 0.808. The fourth-order valence-electron chi connectivity index (χ4n) is 2.76. The molecule has 5 nitrogen and oxygen atoms in total. The van der Waals surface area contributed by atoms with Crippen LogP contribution in [-0.2, 0) is 0 Å². The molecule has 0 amide bonds. The van der Waals surface area contributed by atoms with Crippen molar-refractivity contribution < 1.29 is 4.92 Å². The van der Waals surface area contributed by atoms with Crippen LogP contribution in [-0.4, -0.2) is 35.0 Å². The SMILES string of the molecule is CC(C)N1CCCC(Nc2ccc([N+](=O)[O-])c(Cl)c2)CC1. The summed E-state index contributed by atoms with van der Waals surface area (Å²) in [5, 5.41) is 14.4. The lowest BCUT2D eigenvalue weighted by Crippen LogP contribution is -2.32. The molecule has 1 saturated heterocycles. The molecular weight excluding hydrogens is 290 g/mol. The zero-order chi connectivity index (χ0) is 15.4. The van der Waals surface area contributed by atoms with Gasteiger partial charge in [0.2, 0.25) is 0 Å². The Kier molecular flexibility index (Phi) is 5.42. The second-order valence-electron chi connectivity index (χ2n) is 5.83. The highest BCUT2D eigenvalue weighted by atomic mass is 35.5. The Balaban J connectivity index is 1.98. The van der Waals surface area contributed by atoms with E-state index in [2.05, 4.69) is 24.1 Å². The average molecular weight is 312 g/mol. The van der Waals surface area contributed by atoms with Gasteiger partial charge in [-0.25, -0.2) is 0 Å². The van der Waals surface area contributed by atoms with Crippen LogP contribution in [0, 0.1) is 10.1 Å². The van der Waals surface area contributed by atoms with Crippen molar-refractivity contribution in [3.05, 3.63) is 33.3 Å². The van der Waals surface area contributed by atoms with E-state index >= 15 is 0 Å². The first-order valence-electron chi connectivity index (χ1n) is 7.42. The van der Waals surface area contributed by atoms with Gasteiger partial charge in [0, 0.05) is 30.4 Å². The molecule has 1 aromatic rings. The van der Waals surface area contributed by atoms with Gasteiger partial charge in [-0.05, 0) is 51.8 Å². The van der Waals surface area contributed by atoms with E-state index in [-0.39, 0.29) is 10.7 Å². The molecule has 1 heterocycles. The predicted molar refractivity (Wildman–Crippen MR) is 86.1 cm³/mol. The number of benzene rings is 1. The Bertz CT molecular complexity index is 508. The first-order chi connectivity index (χ1) is 9.97. The van der Waals surface area contributed by atoms with E-state index in [0.717, 1.165) is 38.0 Å². The molecule has 1 aliphatic rings. The highest BCUT2D eigenvalue weighted by molar-refractivity contribution is 6.32. The summed E-state index contributed by atoms with van der Waals surface area (Å²) in [7, 11) is 0. The summed E-state index contributed by atoms with van der Waals surface area (Å²) >= 11 is 5.95. The summed E-state index contributed by atoms with van der Waals surface area (Å²) in [5.74, 6) is 0. The third-order valence-corrected chi connectivity index (χ3v) is 4.31. The van der Waals surface area contributed by atoms with Crippen LogP contribution >= 0.6 is 11.6 Å². The highest BCUT2D eigenvalue weighted by Gasteiger charge is 2.19. The maximum Gasteiger partial charge on any atom is 0.288 e. The molecule has 21 heavy (non-hydrogen) atoms. The van der Waals surface area contributed by atoms with Crippen molar-refractivity contribution >= 4 is 23.0 Å². The molecule has 1 N–H and O–H groups in total. The first kappa shape index (κ1) is 16.0. The molecule has 1 aliphatic heterocycles. The van der Waals surface area contributed by atoms with E-state index in [4.69, 9.17) is 11.6 Å². The number of nitrogens with one attached hydrogen (secondary N) is 1. The molecule has 1 atom stereocenters. The molecule has 0 bridgehead atoms. The smallest absolute Gasteiger partial charge is 0.288 e. The Hall–Kier alpha value is -1.33. The van der Waals surface area contributed by atoms with Crippen molar-refractivity contribution in [2.24, 2.45) is 0 Å². The van der Waals surface area contributed by atoms with Gasteiger partial charge in [-0.2, -0.15) is 0 Å². The summed E-state index contributed by atoms with van der Waals surface area (Å²) in [6.07, 6.45) is 3.35. The molecule has 0 radical (unpaired) electrons. The molecule has 6 heteroatoms. The normalized spacial score (nSPS) is 20.3. The Morgan fingerprint density at radius 3 is 2.76 bits per heavy atom. The summed E-state index contributed by atoms with van der Waals surface area (Å²) in [4.78, 5) is 12.8. The summed E-state index contributed by atoms with van der Waals surface area (Å²) in [6, 6.07) is 5.81. The minimum absolute atomic E-state index is 0.0472. The van der Waals surface area contributed by atoms with Crippen molar-refractivity contribution in [3.8, 4) is 0 Å². The fourth-order valence-corrected chi connectivity index (χ4v) is 3.01. The van der Waals surface area contributed by atoms with Crippen LogP contribution in [0.15, 0.2) is 18.2 Å². The van der Waals surface area contributed by atoms with Crippen LogP contribution < -0.4 is 5.32 Å². The molecule has 2 rings (SSSR count). The number of nitro benzene ring substituents is 1. The highest BCUT2D eigenvalue weighted by Crippen LogP contribution is 2.28. The van der Waals surface area contributed by atoms with Gasteiger partial charge in [-0.15, -0.1) is 0 Å². The number of hydrogen-bond acceptors (Lipinski definition) is 4. The van der Waals surface area contributed by atoms with Crippen LogP contribution in [0.3, 0.4) is 0 Å². The van der Waals surface area contributed by atoms with Crippen LogP contribution in [0.2, 0.25) is 5.02 Å². The van der Waals surface area contributed by atoms with E-state index in [0.29, 0.717) is 12.1 Å². The van der Waals surface area contributed by atoms with E-state index in [1.807, 2.05) is 0 Å². The summed E-state index contributed by atoms with van der Waals surface area (Å²) in [6.45, 7) is 6.67. The van der Waals surface area contributed by atoms with Gasteiger partial charge in [0.15, 0.2) is 0 Å². The van der Waals surface area contributed by atoms with E-state index < -0.39 is 4.92 Å². The monoisotopic (exact) mass is 311 g/mol. The number of rotatable bonds is 4. The topological polar surface area (TPSA) is 58.4 Å². The van der Waals surface area contributed by atoms with Crippen molar-refractivity contribution in [2.45, 2.75) is 45.2 Å². The van der Waals surface area contributed by atoms with Gasteiger partial charge in [0.25, 0.3) is 5.69 Å². The second-order valence-corrected chi connectivity index (χ2v) is 6.23. The molecule has 116 valence electrons. The van der Waals surface area contributed by atoms with Gasteiger partial charge < -0.3 is 10.2 Å². The third-order valence-electron chi connectivity index (χ3n) is 4.01. The molecule has 0 saturated carbocycles. The van der Waals surface area contributed by atoms with Crippen LogP contribution in [0.5, 0.6) is 0 Å². The van der Waals surface area contributed by atoms with Gasteiger partial charge in [0.05, 0.1) is 4.92 Å². The van der Waals surface area contributed by atoms with Crippen LogP contribution in [0.25, 0.3) is 0 Å². The van der Waals surface area contributed by atoms with E-state index in [1.165, 1.54) is 6.07 Å². The molecule has 0 aliphatic carbocycles. The Morgan fingerprint density at radius 2 is 2.14 bits per heavy atom. The summed E-state index contributed by atoms with van der Waals surface area (Å²) < 4.78 is 0. The van der Waals surface area contributed by atoms with Crippen LogP contribution in [0.1, 0.15) is 33.1 Å². The molecular formula is C15H22ClN3O2. The van der Waals surface area contributed by atoms with Crippen molar-refractivity contribution in [1.82, 2.24) is 4.90 Å². The second kappa shape index (κ2) is 7.09. The number of anilines is 1. The zero-order valence-electron chi connectivity index (χ0n) is 12.5. The maximum atomic E-state index is 10.8. The minimum atomic E-state index is -0.460. The van der Waals surface area contributed by atoms with Gasteiger partial charge in [-0.1, -0.05) is 11.6 Å². The Labute approximate surface area is 130 Å². The molecule has 0 spiro atoms. The fraction of sp³-hybridized carbons (Fsp3) is 0.600. The van der Waals surface area contributed by atoms with Gasteiger partial charge in [0.1, 0.15) is 5.02 Å². The van der Waals surface area contributed by atoms with E-state index in [1.54, 1.807) is 12.1 Å². The molecule has 1 aromatic carbocycles. The maximum absolute atomic E-state index is 10.8. The number of likely N-dealkylation sites (tertiary alicyclic amines) is 1.